The van der Waals surface area contributed by atoms with Gasteiger partial charge in [0.15, 0.2) is 0 Å². The van der Waals surface area contributed by atoms with E-state index in [1.165, 1.54) is 0 Å². The van der Waals surface area contributed by atoms with Crippen LogP contribution in [0.5, 0.6) is 0 Å². The smallest absolute Gasteiger partial charge is 0.326 e. The van der Waals surface area contributed by atoms with Gasteiger partial charge in [-0.25, -0.2) is 9.59 Å². The fraction of sp³-hybridized carbons (Fsp3) is 0.286. The summed E-state index contributed by atoms with van der Waals surface area (Å²) in [4.78, 5) is 22.4. The van der Waals surface area contributed by atoms with Gasteiger partial charge < -0.3 is 15.7 Å². The van der Waals surface area contributed by atoms with Gasteiger partial charge in [0.2, 0.25) is 0 Å². The Balaban J connectivity index is 2.47. The number of urea groups is 1. The first-order chi connectivity index (χ1) is 9.13. The molecule has 5 nitrogen and oxygen atoms in total. The van der Waals surface area contributed by atoms with Crippen LogP contribution in [0.4, 0.5) is 4.79 Å². The van der Waals surface area contributed by atoms with Crippen LogP contribution < -0.4 is 10.6 Å². The molecule has 0 saturated heterocycles. The minimum absolute atomic E-state index is 0.0663. The number of aryl methyl sites for hydroxylation is 1. The van der Waals surface area contributed by atoms with Gasteiger partial charge >= 0.3 is 12.0 Å². The van der Waals surface area contributed by atoms with Gasteiger partial charge in [-0.05, 0) is 18.4 Å². The summed E-state index contributed by atoms with van der Waals surface area (Å²) in [6, 6.07) is 7.99. The van der Waals surface area contributed by atoms with E-state index in [1.54, 1.807) is 0 Å². The van der Waals surface area contributed by atoms with E-state index in [9.17, 15) is 9.59 Å². The molecule has 0 aliphatic carbocycles. The highest BCUT2D eigenvalue weighted by atomic mass is 16.4. The van der Waals surface area contributed by atoms with E-state index in [0.29, 0.717) is 12.8 Å². The van der Waals surface area contributed by atoms with Crippen molar-refractivity contribution in [3.05, 3.63) is 35.9 Å². The highest BCUT2D eigenvalue weighted by Gasteiger charge is 2.19. The van der Waals surface area contributed by atoms with Gasteiger partial charge in [0, 0.05) is 0 Å². The number of aliphatic carboxylic acids is 1. The quantitative estimate of drug-likeness (QED) is 0.668. The fourth-order valence-corrected chi connectivity index (χ4v) is 1.55. The first-order valence-electron chi connectivity index (χ1n) is 5.88. The second kappa shape index (κ2) is 7.77. The zero-order valence-electron chi connectivity index (χ0n) is 10.4. The molecular weight excluding hydrogens is 244 g/mol. The lowest BCUT2D eigenvalue weighted by Crippen LogP contribution is -2.46. The third-order valence-electron chi connectivity index (χ3n) is 2.52. The molecule has 1 atom stereocenters. The molecule has 0 aliphatic rings. The number of carboxylic acids is 1. The van der Waals surface area contributed by atoms with Crippen molar-refractivity contribution in [1.82, 2.24) is 10.6 Å². The molecule has 0 fully saturated rings. The summed E-state index contributed by atoms with van der Waals surface area (Å²) >= 11 is 0. The zero-order valence-corrected chi connectivity index (χ0v) is 10.4. The molecule has 0 spiro atoms. The summed E-state index contributed by atoms with van der Waals surface area (Å²) in [6.45, 7) is 0.0663. The topological polar surface area (TPSA) is 78.4 Å². The number of hydrogen-bond acceptors (Lipinski definition) is 2. The molecule has 5 heteroatoms. The normalized spacial score (nSPS) is 11.1. The van der Waals surface area contributed by atoms with Crippen molar-refractivity contribution in [3.63, 3.8) is 0 Å². The monoisotopic (exact) mass is 260 g/mol. The summed E-state index contributed by atoms with van der Waals surface area (Å²) in [5.74, 6) is 1.18. The molecule has 0 aromatic heterocycles. The van der Waals surface area contributed by atoms with E-state index in [1.807, 2.05) is 30.3 Å². The lowest BCUT2D eigenvalue weighted by molar-refractivity contribution is -0.139. The van der Waals surface area contributed by atoms with Gasteiger partial charge in [-0.3, -0.25) is 0 Å². The average molecular weight is 260 g/mol. The van der Waals surface area contributed by atoms with Crippen molar-refractivity contribution in [3.8, 4) is 12.3 Å². The summed E-state index contributed by atoms with van der Waals surface area (Å²) in [5, 5.41) is 13.8. The average Bonchev–Trinajstić information content (AvgIpc) is 2.42. The first kappa shape index (κ1) is 14.6. The van der Waals surface area contributed by atoms with E-state index < -0.39 is 18.0 Å². The summed E-state index contributed by atoms with van der Waals surface area (Å²) in [7, 11) is 0. The number of carbonyl (C=O) groups is 2. The third-order valence-corrected chi connectivity index (χ3v) is 2.52. The predicted molar refractivity (Wildman–Crippen MR) is 71.6 cm³/mol. The van der Waals surface area contributed by atoms with Gasteiger partial charge in [-0.1, -0.05) is 36.3 Å². The maximum absolute atomic E-state index is 11.3. The second-order valence-corrected chi connectivity index (χ2v) is 3.95. The molecule has 1 aromatic carbocycles. The molecule has 1 aromatic rings. The van der Waals surface area contributed by atoms with Crippen molar-refractivity contribution in [2.45, 2.75) is 18.9 Å². The zero-order chi connectivity index (χ0) is 14.1. The van der Waals surface area contributed by atoms with Crippen LogP contribution in [0.15, 0.2) is 30.3 Å². The largest absolute Gasteiger partial charge is 0.480 e. The standard InChI is InChI=1S/C14H16N2O3/c1-2-10-15-14(19)16-12(13(17)18)9-8-11-6-4-3-5-7-11/h1,3-7,12H,8-10H2,(H,17,18)(H2,15,16,19). The SMILES string of the molecule is C#CCNC(=O)NC(CCc1ccccc1)C(=O)O. The highest BCUT2D eigenvalue weighted by Crippen LogP contribution is 2.05. The molecule has 100 valence electrons. The number of carboxylic acid groups (broad SMARTS) is 1. The van der Waals surface area contributed by atoms with Crippen LogP contribution >= 0.6 is 0 Å². The minimum atomic E-state index is -1.06. The lowest BCUT2D eigenvalue weighted by Gasteiger charge is -2.14. The fourth-order valence-electron chi connectivity index (χ4n) is 1.55. The molecule has 0 radical (unpaired) electrons. The number of benzene rings is 1. The molecule has 0 saturated carbocycles. The van der Waals surface area contributed by atoms with Crippen LogP contribution in [0.25, 0.3) is 0 Å². The lowest BCUT2D eigenvalue weighted by atomic mass is 10.1. The van der Waals surface area contributed by atoms with Crippen molar-refractivity contribution < 1.29 is 14.7 Å². The van der Waals surface area contributed by atoms with Crippen LogP contribution in [0.2, 0.25) is 0 Å². The molecule has 0 aliphatic heterocycles. The van der Waals surface area contributed by atoms with E-state index in [-0.39, 0.29) is 6.54 Å². The van der Waals surface area contributed by atoms with Crippen LogP contribution in [0, 0.1) is 12.3 Å². The maximum atomic E-state index is 11.3. The summed E-state index contributed by atoms with van der Waals surface area (Å²) < 4.78 is 0. The first-order valence-corrected chi connectivity index (χ1v) is 5.88. The molecule has 1 unspecified atom stereocenters. The molecular formula is C14H16N2O3. The van der Waals surface area contributed by atoms with Crippen molar-refractivity contribution in [2.24, 2.45) is 0 Å². The van der Waals surface area contributed by atoms with E-state index in [4.69, 9.17) is 11.5 Å². The predicted octanol–water partition coefficient (Wildman–Crippen LogP) is 1.00. The van der Waals surface area contributed by atoms with Crippen LogP contribution in [0.1, 0.15) is 12.0 Å². The Kier molecular flexibility index (Phi) is 5.96. The van der Waals surface area contributed by atoms with Crippen molar-refractivity contribution >= 4 is 12.0 Å². The number of amides is 2. The van der Waals surface area contributed by atoms with Crippen LogP contribution in [-0.2, 0) is 11.2 Å². The Morgan fingerprint density at radius 3 is 2.58 bits per heavy atom. The Bertz CT molecular complexity index is 465. The van der Waals surface area contributed by atoms with E-state index in [2.05, 4.69) is 16.6 Å². The maximum Gasteiger partial charge on any atom is 0.326 e. The Morgan fingerprint density at radius 2 is 2.00 bits per heavy atom. The number of rotatable bonds is 6. The molecule has 2 amide bonds. The molecule has 0 bridgehead atoms. The van der Waals surface area contributed by atoms with E-state index >= 15 is 0 Å². The van der Waals surface area contributed by atoms with Gasteiger partial charge in [0.1, 0.15) is 6.04 Å². The molecule has 1 rings (SSSR count). The highest BCUT2D eigenvalue weighted by molar-refractivity contribution is 5.82. The number of carbonyl (C=O) groups excluding carboxylic acids is 1. The van der Waals surface area contributed by atoms with Gasteiger partial charge in [0.05, 0.1) is 6.54 Å². The Morgan fingerprint density at radius 1 is 1.32 bits per heavy atom. The number of hydrogen-bond donors (Lipinski definition) is 3. The second-order valence-electron chi connectivity index (χ2n) is 3.95. The molecule has 0 heterocycles. The molecule has 19 heavy (non-hydrogen) atoms. The minimum Gasteiger partial charge on any atom is -0.480 e. The summed E-state index contributed by atoms with van der Waals surface area (Å²) in [6.07, 6.45) is 5.89. The van der Waals surface area contributed by atoms with Gasteiger partial charge in [-0.15, -0.1) is 6.42 Å². The summed E-state index contributed by atoms with van der Waals surface area (Å²) in [5.41, 5.74) is 1.03. The van der Waals surface area contributed by atoms with Gasteiger partial charge in [0.25, 0.3) is 0 Å². The van der Waals surface area contributed by atoms with Gasteiger partial charge in [-0.2, -0.15) is 0 Å². The Hall–Kier alpha value is -2.48. The Labute approximate surface area is 112 Å². The van der Waals surface area contributed by atoms with Crippen molar-refractivity contribution in [1.29, 1.82) is 0 Å². The van der Waals surface area contributed by atoms with Crippen molar-refractivity contribution in [2.75, 3.05) is 6.54 Å². The molecule has 3 N–H and O–H groups in total. The number of terminal acetylenes is 1. The third kappa shape index (κ3) is 5.59. The van der Waals surface area contributed by atoms with E-state index in [0.717, 1.165) is 5.56 Å². The number of nitrogens with one attached hydrogen (secondary N) is 2. The van der Waals surface area contributed by atoms with Crippen LogP contribution in [-0.4, -0.2) is 29.7 Å². The van der Waals surface area contributed by atoms with Crippen LogP contribution in [0.3, 0.4) is 0 Å².